The van der Waals surface area contributed by atoms with Crippen LogP contribution < -0.4 is 10.1 Å². The monoisotopic (exact) mass is 370 g/mol. The summed E-state index contributed by atoms with van der Waals surface area (Å²) in [7, 11) is 0. The predicted molar refractivity (Wildman–Crippen MR) is 106 cm³/mol. The molecule has 2 heterocycles. The summed E-state index contributed by atoms with van der Waals surface area (Å²) >= 11 is 0. The quantitative estimate of drug-likeness (QED) is 0.802. The fourth-order valence-electron chi connectivity index (χ4n) is 3.70. The summed E-state index contributed by atoms with van der Waals surface area (Å²) in [6, 6.07) is 10.1. The van der Waals surface area contributed by atoms with Crippen LogP contribution in [0.5, 0.6) is 5.75 Å². The number of ether oxygens (including phenoxy) is 1. The van der Waals surface area contributed by atoms with E-state index in [2.05, 4.69) is 16.3 Å². The molecular formula is C22H30N2O3. The van der Waals surface area contributed by atoms with Gasteiger partial charge in [0.15, 0.2) is 6.61 Å². The Balaban J connectivity index is 1.56. The number of aryl methyl sites for hydroxylation is 3. The predicted octanol–water partition coefficient (Wildman–Crippen LogP) is 3.93. The van der Waals surface area contributed by atoms with Gasteiger partial charge in [-0.1, -0.05) is 12.5 Å². The van der Waals surface area contributed by atoms with Gasteiger partial charge >= 0.3 is 0 Å². The number of nitrogens with one attached hydrogen (secondary N) is 1. The molecule has 1 N–H and O–H groups in total. The lowest BCUT2D eigenvalue weighted by atomic mass is 10.1. The summed E-state index contributed by atoms with van der Waals surface area (Å²) in [5.41, 5.74) is 2.26. The van der Waals surface area contributed by atoms with Crippen LogP contribution in [-0.4, -0.2) is 37.0 Å². The van der Waals surface area contributed by atoms with Crippen molar-refractivity contribution in [2.45, 2.75) is 46.1 Å². The molecule has 0 aliphatic carbocycles. The fourth-order valence-corrected chi connectivity index (χ4v) is 3.70. The third-order valence-corrected chi connectivity index (χ3v) is 4.98. The zero-order valence-corrected chi connectivity index (χ0v) is 16.6. The summed E-state index contributed by atoms with van der Waals surface area (Å²) in [4.78, 5) is 14.7. The van der Waals surface area contributed by atoms with Gasteiger partial charge in [-0.2, -0.15) is 0 Å². The van der Waals surface area contributed by atoms with Gasteiger partial charge in [-0.15, -0.1) is 0 Å². The van der Waals surface area contributed by atoms with Gasteiger partial charge < -0.3 is 14.5 Å². The highest BCUT2D eigenvalue weighted by Gasteiger charge is 2.25. The molecule has 1 amide bonds. The summed E-state index contributed by atoms with van der Waals surface area (Å²) < 4.78 is 11.5. The van der Waals surface area contributed by atoms with Crippen molar-refractivity contribution >= 4 is 5.91 Å². The number of likely N-dealkylation sites (tertiary alicyclic amines) is 1. The van der Waals surface area contributed by atoms with E-state index in [-0.39, 0.29) is 18.6 Å². The van der Waals surface area contributed by atoms with Crippen molar-refractivity contribution in [3.05, 3.63) is 53.0 Å². The van der Waals surface area contributed by atoms with Crippen LogP contribution in [0.25, 0.3) is 0 Å². The molecule has 27 heavy (non-hydrogen) atoms. The molecule has 1 aromatic heterocycles. The fraction of sp³-hybridized carbons (Fsp3) is 0.500. The molecule has 0 radical (unpaired) electrons. The van der Waals surface area contributed by atoms with Crippen molar-refractivity contribution in [1.82, 2.24) is 10.2 Å². The highest BCUT2D eigenvalue weighted by Crippen LogP contribution is 2.25. The zero-order chi connectivity index (χ0) is 19.2. The maximum Gasteiger partial charge on any atom is 0.258 e. The number of furan rings is 1. The van der Waals surface area contributed by atoms with E-state index in [1.807, 2.05) is 45.0 Å². The maximum absolute atomic E-state index is 12.3. The molecule has 2 aromatic rings. The number of hydrogen-bond donors (Lipinski definition) is 1. The average molecular weight is 370 g/mol. The molecule has 3 rings (SSSR count). The first-order chi connectivity index (χ1) is 13.0. The summed E-state index contributed by atoms with van der Waals surface area (Å²) in [6.07, 6.45) is 3.66. The second kappa shape index (κ2) is 9.09. The Bertz CT molecular complexity index is 742. The van der Waals surface area contributed by atoms with Gasteiger partial charge in [0.2, 0.25) is 0 Å². The SMILES string of the molecule is Cc1cc(C)cc(OCC(=O)NCC(c2ccc(C)o2)N2CCCCC2)c1. The Kier molecular flexibility index (Phi) is 6.56. The van der Waals surface area contributed by atoms with Gasteiger partial charge in [0.1, 0.15) is 17.3 Å². The Morgan fingerprint density at radius 3 is 2.44 bits per heavy atom. The smallest absolute Gasteiger partial charge is 0.258 e. The van der Waals surface area contributed by atoms with Gasteiger partial charge in [0.25, 0.3) is 5.91 Å². The molecule has 1 fully saturated rings. The Hall–Kier alpha value is -2.27. The van der Waals surface area contributed by atoms with E-state index in [1.54, 1.807) is 0 Å². The van der Waals surface area contributed by atoms with E-state index < -0.39 is 0 Å². The molecule has 1 unspecified atom stereocenters. The lowest BCUT2D eigenvalue weighted by Gasteiger charge is -2.33. The van der Waals surface area contributed by atoms with Crippen LogP contribution >= 0.6 is 0 Å². The van der Waals surface area contributed by atoms with Crippen LogP contribution in [0.15, 0.2) is 34.7 Å². The minimum atomic E-state index is -0.112. The number of nitrogens with zero attached hydrogens (tertiary/aromatic N) is 1. The summed E-state index contributed by atoms with van der Waals surface area (Å²) in [5, 5.41) is 3.02. The van der Waals surface area contributed by atoms with Gasteiger partial charge in [0.05, 0.1) is 6.04 Å². The second-order valence-corrected chi connectivity index (χ2v) is 7.48. The van der Waals surface area contributed by atoms with E-state index in [0.29, 0.717) is 6.54 Å². The van der Waals surface area contributed by atoms with Crippen molar-refractivity contribution in [2.24, 2.45) is 0 Å². The van der Waals surface area contributed by atoms with E-state index >= 15 is 0 Å². The molecule has 1 saturated heterocycles. The van der Waals surface area contributed by atoms with Crippen molar-refractivity contribution in [3.8, 4) is 5.75 Å². The Labute approximate surface area is 161 Å². The minimum absolute atomic E-state index is 0.0206. The minimum Gasteiger partial charge on any atom is -0.484 e. The van der Waals surface area contributed by atoms with Crippen LogP contribution in [0.4, 0.5) is 0 Å². The van der Waals surface area contributed by atoms with Crippen LogP contribution in [0, 0.1) is 20.8 Å². The number of rotatable bonds is 7. The van der Waals surface area contributed by atoms with Crippen LogP contribution in [0.3, 0.4) is 0 Å². The van der Waals surface area contributed by atoms with Gasteiger partial charge in [0, 0.05) is 6.54 Å². The largest absolute Gasteiger partial charge is 0.484 e. The summed E-state index contributed by atoms with van der Waals surface area (Å²) in [6.45, 7) is 8.63. The molecule has 5 nitrogen and oxygen atoms in total. The lowest BCUT2D eigenvalue weighted by molar-refractivity contribution is -0.123. The molecule has 1 atom stereocenters. The first-order valence-electron chi connectivity index (χ1n) is 9.79. The zero-order valence-electron chi connectivity index (χ0n) is 16.6. The standard InChI is InChI=1S/C22H30N2O3/c1-16-11-17(2)13-19(12-16)26-15-22(25)23-14-20(21-8-7-18(3)27-21)24-9-5-4-6-10-24/h7-8,11-13,20H,4-6,9-10,14-15H2,1-3H3,(H,23,25). The van der Waals surface area contributed by atoms with E-state index in [0.717, 1.165) is 41.5 Å². The van der Waals surface area contributed by atoms with E-state index in [4.69, 9.17) is 9.15 Å². The molecule has 146 valence electrons. The third kappa shape index (κ3) is 5.60. The van der Waals surface area contributed by atoms with Crippen molar-refractivity contribution in [2.75, 3.05) is 26.2 Å². The maximum atomic E-state index is 12.3. The van der Waals surface area contributed by atoms with E-state index in [9.17, 15) is 4.79 Å². The van der Waals surface area contributed by atoms with Crippen LogP contribution in [0.2, 0.25) is 0 Å². The molecule has 1 aliphatic rings. The Morgan fingerprint density at radius 1 is 1.11 bits per heavy atom. The van der Waals surface area contributed by atoms with Gasteiger partial charge in [-0.3, -0.25) is 9.69 Å². The molecule has 0 saturated carbocycles. The first-order valence-corrected chi connectivity index (χ1v) is 9.79. The van der Waals surface area contributed by atoms with Gasteiger partial charge in [-0.25, -0.2) is 0 Å². The van der Waals surface area contributed by atoms with Gasteiger partial charge in [-0.05, 0) is 82.1 Å². The Morgan fingerprint density at radius 2 is 1.81 bits per heavy atom. The number of carbonyl (C=O) groups excluding carboxylic acids is 1. The highest BCUT2D eigenvalue weighted by molar-refractivity contribution is 5.77. The molecule has 1 aromatic carbocycles. The molecule has 5 heteroatoms. The topological polar surface area (TPSA) is 54.7 Å². The number of benzene rings is 1. The van der Waals surface area contributed by atoms with E-state index in [1.165, 1.54) is 19.3 Å². The number of piperidine rings is 1. The summed E-state index contributed by atoms with van der Waals surface area (Å²) in [5.74, 6) is 2.44. The number of carbonyl (C=O) groups is 1. The second-order valence-electron chi connectivity index (χ2n) is 7.48. The molecule has 1 aliphatic heterocycles. The average Bonchev–Trinajstić information content (AvgIpc) is 3.06. The highest BCUT2D eigenvalue weighted by atomic mass is 16.5. The van der Waals surface area contributed by atoms with Crippen LogP contribution in [0.1, 0.15) is 48.0 Å². The third-order valence-electron chi connectivity index (χ3n) is 4.98. The number of hydrogen-bond acceptors (Lipinski definition) is 4. The van der Waals surface area contributed by atoms with Crippen molar-refractivity contribution < 1.29 is 13.9 Å². The molecular weight excluding hydrogens is 340 g/mol. The normalized spacial score (nSPS) is 16.1. The molecule has 0 spiro atoms. The molecule has 0 bridgehead atoms. The first kappa shape index (κ1) is 19.5. The van der Waals surface area contributed by atoms with Crippen molar-refractivity contribution in [1.29, 1.82) is 0 Å². The van der Waals surface area contributed by atoms with Crippen LogP contribution in [-0.2, 0) is 4.79 Å². The van der Waals surface area contributed by atoms with Crippen molar-refractivity contribution in [3.63, 3.8) is 0 Å². The number of amides is 1. The lowest BCUT2D eigenvalue weighted by Crippen LogP contribution is -2.41.